The molecule has 2 heterocycles. The average Bonchev–Trinajstić information content (AvgIpc) is 2.89. The van der Waals surface area contributed by atoms with Crippen molar-refractivity contribution >= 4 is 11.6 Å². The second-order valence-corrected chi connectivity index (χ2v) is 5.20. The van der Waals surface area contributed by atoms with E-state index in [4.69, 9.17) is 4.74 Å². The summed E-state index contributed by atoms with van der Waals surface area (Å²) >= 11 is 0. The third-order valence-corrected chi connectivity index (χ3v) is 3.80. The summed E-state index contributed by atoms with van der Waals surface area (Å²) < 4.78 is 43.0. The number of halogens is 3. The van der Waals surface area contributed by atoms with Gasteiger partial charge >= 0.3 is 6.18 Å². The van der Waals surface area contributed by atoms with Crippen molar-refractivity contribution in [2.24, 2.45) is 0 Å². The molecular weight excluding hydrogens is 297 g/mol. The minimum Gasteiger partial charge on any atom is -0.378 e. The maximum absolute atomic E-state index is 12.6. The molecule has 1 fully saturated rings. The number of nitrogens with zero attached hydrogens (tertiary/aromatic N) is 2. The summed E-state index contributed by atoms with van der Waals surface area (Å²) in [5.74, 6) is -0.207. The number of alkyl halides is 3. The molecule has 0 bridgehead atoms. The first-order valence-electron chi connectivity index (χ1n) is 6.97. The fourth-order valence-electron chi connectivity index (χ4n) is 2.60. The van der Waals surface area contributed by atoms with Gasteiger partial charge in [0.1, 0.15) is 0 Å². The van der Waals surface area contributed by atoms with Gasteiger partial charge in [0.2, 0.25) is 0 Å². The van der Waals surface area contributed by atoms with Crippen molar-refractivity contribution in [2.45, 2.75) is 6.18 Å². The molecule has 2 aliphatic rings. The number of hydrogen-bond acceptors (Lipinski definition) is 3. The Morgan fingerprint density at radius 1 is 1.05 bits per heavy atom. The lowest BCUT2D eigenvalue weighted by molar-refractivity contribution is -0.137. The highest BCUT2D eigenvalue weighted by atomic mass is 19.4. The fourth-order valence-corrected chi connectivity index (χ4v) is 2.60. The van der Waals surface area contributed by atoms with Crippen LogP contribution in [0.2, 0.25) is 0 Å². The van der Waals surface area contributed by atoms with Crippen molar-refractivity contribution in [1.29, 1.82) is 0 Å². The molecule has 1 aromatic carbocycles. The van der Waals surface area contributed by atoms with E-state index in [1.807, 2.05) is 0 Å². The number of rotatable bonds is 2. The first-order chi connectivity index (χ1) is 10.4. The number of hydrogen-bond donors (Lipinski definition) is 0. The summed E-state index contributed by atoms with van der Waals surface area (Å²) in [6.45, 7) is 3.06. The van der Waals surface area contributed by atoms with Crippen LogP contribution in [-0.2, 0) is 15.7 Å². The van der Waals surface area contributed by atoms with Crippen molar-refractivity contribution in [3.05, 3.63) is 41.6 Å². The van der Waals surface area contributed by atoms with E-state index in [9.17, 15) is 18.0 Å². The molecule has 1 amide bonds. The van der Waals surface area contributed by atoms with E-state index < -0.39 is 11.7 Å². The Balaban J connectivity index is 1.73. The molecule has 1 aromatic rings. The zero-order valence-corrected chi connectivity index (χ0v) is 11.8. The largest absolute Gasteiger partial charge is 0.416 e. The Bertz CT molecular complexity index is 590. The number of ether oxygens (including phenoxy) is 1. The van der Waals surface area contributed by atoms with Gasteiger partial charge in [-0.25, -0.2) is 0 Å². The zero-order chi connectivity index (χ0) is 15.7. The number of carbonyl (C=O) groups excluding carboxylic acids is 1. The van der Waals surface area contributed by atoms with Crippen LogP contribution in [0.3, 0.4) is 0 Å². The third kappa shape index (κ3) is 2.94. The van der Waals surface area contributed by atoms with Gasteiger partial charge in [0.15, 0.2) is 0 Å². The van der Waals surface area contributed by atoms with Crippen LogP contribution in [0.25, 0.3) is 0 Å². The molecule has 0 unspecified atom stereocenters. The van der Waals surface area contributed by atoms with Gasteiger partial charge in [-0.2, -0.15) is 13.2 Å². The topological polar surface area (TPSA) is 32.8 Å². The minimum absolute atomic E-state index is 0.207. The van der Waals surface area contributed by atoms with Gasteiger partial charge in [0.25, 0.3) is 5.91 Å². The molecule has 4 nitrogen and oxygen atoms in total. The van der Waals surface area contributed by atoms with Crippen molar-refractivity contribution in [3.8, 4) is 0 Å². The molecule has 0 saturated carbocycles. The second-order valence-electron chi connectivity index (χ2n) is 5.20. The lowest BCUT2D eigenvalue weighted by atomic mass is 10.2. The predicted octanol–water partition coefficient (Wildman–Crippen LogP) is 2.27. The van der Waals surface area contributed by atoms with Crippen LogP contribution < -0.4 is 4.90 Å². The summed E-state index contributed by atoms with van der Waals surface area (Å²) in [6.07, 6.45) is -2.83. The standard InChI is InChI=1S/C15H15F3N2O2/c16-15(17,18)11-1-3-12(4-2-11)20-10-13(9-14(20)21)19-5-7-22-8-6-19/h1-4,9H,5-8,10H2. The molecule has 1 saturated heterocycles. The Morgan fingerprint density at radius 3 is 2.27 bits per heavy atom. The number of carbonyl (C=O) groups is 1. The van der Waals surface area contributed by atoms with Gasteiger partial charge in [-0.1, -0.05) is 0 Å². The molecular formula is C15H15F3N2O2. The summed E-state index contributed by atoms with van der Waals surface area (Å²) in [6, 6.07) is 4.65. The average molecular weight is 312 g/mol. The van der Waals surface area contributed by atoms with E-state index in [1.165, 1.54) is 17.0 Å². The Hall–Kier alpha value is -2.02. The Morgan fingerprint density at radius 2 is 1.68 bits per heavy atom. The lowest BCUT2D eigenvalue weighted by Gasteiger charge is -2.30. The first kappa shape index (κ1) is 14.9. The van der Waals surface area contributed by atoms with Gasteiger partial charge < -0.3 is 14.5 Å². The van der Waals surface area contributed by atoms with Gasteiger partial charge in [0.05, 0.1) is 25.3 Å². The van der Waals surface area contributed by atoms with Crippen molar-refractivity contribution in [1.82, 2.24) is 4.90 Å². The minimum atomic E-state index is -4.37. The molecule has 3 rings (SSSR count). The molecule has 0 spiro atoms. The van der Waals surface area contributed by atoms with E-state index in [0.717, 1.165) is 30.9 Å². The molecule has 0 aromatic heterocycles. The van der Waals surface area contributed by atoms with E-state index in [0.29, 0.717) is 25.4 Å². The van der Waals surface area contributed by atoms with E-state index >= 15 is 0 Å². The van der Waals surface area contributed by atoms with Gasteiger partial charge in [0, 0.05) is 30.5 Å². The number of benzene rings is 1. The number of amides is 1. The second kappa shape index (κ2) is 5.64. The van der Waals surface area contributed by atoms with Gasteiger partial charge in [-0.05, 0) is 24.3 Å². The molecule has 0 radical (unpaired) electrons. The van der Waals surface area contributed by atoms with E-state index in [2.05, 4.69) is 4.90 Å². The Labute approximate surface area is 125 Å². The molecule has 0 aliphatic carbocycles. The van der Waals surface area contributed by atoms with Crippen LogP contribution in [0.15, 0.2) is 36.0 Å². The molecule has 118 valence electrons. The zero-order valence-electron chi connectivity index (χ0n) is 11.8. The van der Waals surface area contributed by atoms with Crippen LogP contribution in [-0.4, -0.2) is 43.7 Å². The molecule has 0 atom stereocenters. The molecule has 22 heavy (non-hydrogen) atoms. The summed E-state index contributed by atoms with van der Waals surface area (Å²) in [5.41, 5.74) is 0.634. The smallest absolute Gasteiger partial charge is 0.378 e. The summed E-state index contributed by atoms with van der Waals surface area (Å²) in [4.78, 5) is 15.6. The third-order valence-electron chi connectivity index (χ3n) is 3.80. The molecule has 2 aliphatic heterocycles. The molecule has 7 heteroatoms. The summed E-state index contributed by atoms with van der Waals surface area (Å²) in [5, 5.41) is 0. The number of anilines is 1. The highest BCUT2D eigenvalue weighted by Crippen LogP contribution is 2.31. The van der Waals surface area contributed by atoms with E-state index in [-0.39, 0.29) is 5.91 Å². The maximum atomic E-state index is 12.6. The van der Waals surface area contributed by atoms with Gasteiger partial charge in [-0.15, -0.1) is 0 Å². The highest BCUT2D eigenvalue weighted by Gasteiger charge is 2.31. The summed E-state index contributed by atoms with van der Waals surface area (Å²) in [7, 11) is 0. The fraction of sp³-hybridized carbons (Fsp3) is 0.400. The lowest BCUT2D eigenvalue weighted by Crippen LogP contribution is -2.37. The number of morpholine rings is 1. The van der Waals surface area contributed by atoms with Crippen LogP contribution in [0.5, 0.6) is 0 Å². The van der Waals surface area contributed by atoms with E-state index in [1.54, 1.807) is 6.08 Å². The van der Waals surface area contributed by atoms with Crippen LogP contribution in [0, 0.1) is 0 Å². The Kier molecular flexibility index (Phi) is 3.82. The SMILES string of the molecule is O=C1C=C(N2CCOCC2)CN1c1ccc(C(F)(F)F)cc1. The quantitative estimate of drug-likeness (QED) is 0.840. The van der Waals surface area contributed by atoms with Crippen LogP contribution in [0.4, 0.5) is 18.9 Å². The maximum Gasteiger partial charge on any atom is 0.416 e. The van der Waals surface area contributed by atoms with Crippen LogP contribution in [0.1, 0.15) is 5.56 Å². The molecule has 0 N–H and O–H groups in total. The predicted molar refractivity (Wildman–Crippen MR) is 74.3 cm³/mol. The van der Waals surface area contributed by atoms with Crippen molar-refractivity contribution in [3.63, 3.8) is 0 Å². The van der Waals surface area contributed by atoms with Crippen molar-refractivity contribution in [2.75, 3.05) is 37.7 Å². The highest BCUT2D eigenvalue weighted by molar-refractivity contribution is 6.04. The normalized spacial score (nSPS) is 19.6. The van der Waals surface area contributed by atoms with Crippen LogP contribution >= 0.6 is 0 Å². The van der Waals surface area contributed by atoms with Gasteiger partial charge in [-0.3, -0.25) is 4.79 Å². The first-order valence-corrected chi connectivity index (χ1v) is 6.97. The van der Waals surface area contributed by atoms with Crippen molar-refractivity contribution < 1.29 is 22.7 Å². The monoisotopic (exact) mass is 312 g/mol.